The van der Waals surface area contributed by atoms with Crippen LogP contribution in [-0.4, -0.2) is 76.4 Å². The number of aromatic hydroxyl groups is 1. The molecule has 0 aliphatic carbocycles. The number of ether oxygens (including phenoxy) is 1. The minimum absolute atomic E-state index is 0.0661. The van der Waals surface area contributed by atoms with Gasteiger partial charge in [0.25, 0.3) is 0 Å². The maximum Gasteiger partial charge on any atom is 0.335 e. The Balaban J connectivity index is 1.77. The third-order valence-electron chi connectivity index (χ3n) is 6.54. The number of carbonyl (C=O) groups is 1. The number of hydrogen-bond donors (Lipinski definition) is 3. The van der Waals surface area contributed by atoms with Crippen LogP contribution in [-0.2, 0) is 4.79 Å². The molecular formula is C29H36N8O4. The van der Waals surface area contributed by atoms with Crippen molar-refractivity contribution in [1.29, 1.82) is 0 Å². The number of nitrogens with one attached hydrogen (secondary N) is 2. The number of likely N-dealkylation sites (N-methyl/N-ethyl adjacent to an activating group) is 2. The second kappa shape index (κ2) is 12.1. The Bertz CT molecular complexity index is 1640. The summed E-state index contributed by atoms with van der Waals surface area (Å²) in [5, 5.41) is 16.1. The zero-order valence-corrected chi connectivity index (χ0v) is 24.2. The number of hydrogen-bond acceptors (Lipinski definition) is 9. The number of imidazole rings is 1. The van der Waals surface area contributed by atoms with Crippen molar-refractivity contribution in [3.05, 3.63) is 65.7 Å². The van der Waals surface area contributed by atoms with E-state index in [2.05, 4.69) is 32.1 Å². The zero-order valence-electron chi connectivity index (χ0n) is 24.2. The molecule has 0 aliphatic heterocycles. The summed E-state index contributed by atoms with van der Waals surface area (Å²) in [6, 6.07) is 9.85. The van der Waals surface area contributed by atoms with Crippen LogP contribution in [0.5, 0.6) is 11.5 Å². The Morgan fingerprint density at radius 3 is 2.54 bits per heavy atom. The molecular weight excluding hydrogens is 524 g/mol. The van der Waals surface area contributed by atoms with Crippen molar-refractivity contribution in [2.24, 2.45) is 0 Å². The first kappa shape index (κ1) is 29.2. The fourth-order valence-corrected chi connectivity index (χ4v) is 4.49. The van der Waals surface area contributed by atoms with E-state index in [0.29, 0.717) is 40.5 Å². The summed E-state index contributed by atoms with van der Waals surface area (Å²) in [5.41, 5.74) is 2.72. The van der Waals surface area contributed by atoms with Crippen molar-refractivity contribution in [2.75, 3.05) is 56.9 Å². The Morgan fingerprint density at radius 2 is 1.88 bits per heavy atom. The monoisotopic (exact) mass is 560 g/mol. The van der Waals surface area contributed by atoms with Crippen molar-refractivity contribution < 1.29 is 14.6 Å². The van der Waals surface area contributed by atoms with E-state index in [4.69, 9.17) is 4.74 Å². The number of phenols is 1. The largest absolute Gasteiger partial charge is 0.508 e. The van der Waals surface area contributed by atoms with Gasteiger partial charge in [0, 0.05) is 50.6 Å². The summed E-state index contributed by atoms with van der Waals surface area (Å²) < 4.78 is 8.77. The second-order valence-corrected chi connectivity index (χ2v) is 10.1. The number of amides is 1. The molecule has 2 aromatic heterocycles. The van der Waals surface area contributed by atoms with E-state index in [9.17, 15) is 14.7 Å². The SMILES string of the molecule is C=CC(=O)Nc1cc(Nc2nccc(-n3c(=O)n(C(C)C)c4cc(O)ccc43)n2)c(OC)cc1N(C)CCN(C)C. The molecule has 4 rings (SSSR count). The van der Waals surface area contributed by atoms with E-state index in [1.807, 2.05) is 46.0 Å². The summed E-state index contributed by atoms with van der Waals surface area (Å²) in [4.78, 5) is 38.8. The smallest absolute Gasteiger partial charge is 0.335 e. The summed E-state index contributed by atoms with van der Waals surface area (Å²) >= 11 is 0. The number of anilines is 4. The molecule has 0 spiro atoms. The maximum atomic E-state index is 13.5. The van der Waals surface area contributed by atoms with Gasteiger partial charge in [-0.2, -0.15) is 4.98 Å². The molecule has 2 aromatic carbocycles. The van der Waals surface area contributed by atoms with Crippen LogP contribution in [0.25, 0.3) is 16.9 Å². The molecule has 0 atom stereocenters. The molecule has 12 heteroatoms. The summed E-state index contributed by atoms with van der Waals surface area (Å²) in [7, 11) is 7.48. The topological polar surface area (TPSA) is 130 Å². The molecule has 0 fully saturated rings. The van der Waals surface area contributed by atoms with Crippen molar-refractivity contribution >= 4 is 40.0 Å². The molecule has 2 heterocycles. The van der Waals surface area contributed by atoms with Crippen molar-refractivity contribution in [3.8, 4) is 17.3 Å². The average molecular weight is 561 g/mol. The Hall–Kier alpha value is -4.84. The van der Waals surface area contributed by atoms with Crippen LogP contribution >= 0.6 is 0 Å². The normalized spacial score (nSPS) is 11.2. The lowest BCUT2D eigenvalue weighted by molar-refractivity contribution is -0.111. The number of nitrogens with zero attached hydrogens (tertiary/aromatic N) is 6. The molecule has 0 saturated carbocycles. The molecule has 0 bridgehead atoms. The van der Waals surface area contributed by atoms with Crippen LogP contribution < -0.4 is 26.0 Å². The van der Waals surface area contributed by atoms with Crippen molar-refractivity contribution in [3.63, 3.8) is 0 Å². The molecule has 1 amide bonds. The van der Waals surface area contributed by atoms with Gasteiger partial charge in [-0.15, -0.1) is 0 Å². The van der Waals surface area contributed by atoms with E-state index in [0.717, 1.165) is 12.2 Å². The molecule has 0 saturated heterocycles. The molecule has 4 aromatic rings. The van der Waals surface area contributed by atoms with E-state index < -0.39 is 0 Å². The zero-order chi connectivity index (χ0) is 29.8. The lowest BCUT2D eigenvalue weighted by Gasteiger charge is -2.26. The number of methoxy groups -OCH3 is 1. The molecule has 216 valence electrons. The first-order valence-corrected chi connectivity index (χ1v) is 13.1. The maximum absolute atomic E-state index is 13.5. The molecule has 0 radical (unpaired) electrons. The molecule has 0 aliphatic rings. The van der Waals surface area contributed by atoms with Crippen LogP contribution in [0.2, 0.25) is 0 Å². The Labute approximate surface area is 238 Å². The van der Waals surface area contributed by atoms with Gasteiger partial charge in [0.1, 0.15) is 17.3 Å². The van der Waals surface area contributed by atoms with Crippen LogP contribution in [0, 0.1) is 0 Å². The van der Waals surface area contributed by atoms with Crippen LogP contribution in [0.3, 0.4) is 0 Å². The van der Waals surface area contributed by atoms with Crippen LogP contribution in [0.1, 0.15) is 19.9 Å². The van der Waals surface area contributed by atoms with E-state index in [-0.39, 0.29) is 29.3 Å². The van der Waals surface area contributed by atoms with Gasteiger partial charge < -0.3 is 30.3 Å². The van der Waals surface area contributed by atoms with Gasteiger partial charge in [-0.25, -0.2) is 14.3 Å². The van der Waals surface area contributed by atoms with Gasteiger partial charge in [0.15, 0.2) is 0 Å². The lowest BCUT2D eigenvalue weighted by atomic mass is 10.2. The lowest BCUT2D eigenvalue weighted by Crippen LogP contribution is -2.29. The highest BCUT2D eigenvalue weighted by Gasteiger charge is 2.20. The van der Waals surface area contributed by atoms with Gasteiger partial charge in [-0.3, -0.25) is 9.36 Å². The van der Waals surface area contributed by atoms with E-state index in [1.165, 1.54) is 16.7 Å². The summed E-state index contributed by atoms with van der Waals surface area (Å²) in [6.07, 6.45) is 2.75. The summed E-state index contributed by atoms with van der Waals surface area (Å²) in [5.74, 6) is 0.782. The van der Waals surface area contributed by atoms with Gasteiger partial charge in [0.05, 0.1) is 35.2 Å². The molecule has 12 nitrogen and oxygen atoms in total. The van der Waals surface area contributed by atoms with Gasteiger partial charge in [-0.05, 0) is 52.2 Å². The van der Waals surface area contributed by atoms with E-state index >= 15 is 0 Å². The number of fused-ring (bicyclic) bond motifs is 1. The number of benzene rings is 2. The second-order valence-electron chi connectivity index (χ2n) is 10.1. The fourth-order valence-electron chi connectivity index (χ4n) is 4.49. The first-order chi connectivity index (χ1) is 19.5. The van der Waals surface area contributed by atoms with Crippen LogP contribution in [0.4, 0.5) is 23.0 Å². The molecule has 3 N–H and O–H groups in total. The first-order valence-electron chi connectivity index (χ1n) is 13.1. The minimum Gasteiger partial charge on any atom is -0.508 e. The third kappa shape index (κ3) is 6.17. The highest BCUT2D eigenvalue weighted by atomic mass is 16.5. The molecule has 0 unspecified atom stereocenters. The van der Waals surface area contributed by atoms with Crippen molar-refractivity contribution in [1.82, 2.24) is 24.0 Å². The highest BCUT2D eigenvalue weighted by molar-refractivity contribution is 6.02. The minimum atomic E-state index is -0.353. The van der Waals surface area contributed by atoms with Gasteiger partial charge in [0.2, 0.25) is 11.9 Å². The number of aromatic nitrogens is 4. The quantitative estimate of drug-likeness (QED) is 0.235. The Morgan fingerprint density at radius 1 is 1.12 bits per heavy atom. The number of phenolic OH excluding ortho intramolecular Hbond substituents is 1. The van der Waals surface area contributed by atoms with Crippen molar-refractivity contribution in [2.45, 2.75) is 19.9 Å². The molecule has 41 heavy (non-hydrogen) atoms. The van der Waals surface area contributed by atoms with Gasteiger partial charge in [-0.1, -0.05) is 6.58 Å². The Kier molecular flexibility index (Phi) is 8.62. The standard InChI is InChI=1S/C29H36N8O4/c1-8-27(39)31-20-16-21(25(41-7)17-23(20)35(6)14-13-34(4)5)32-28-30-12-11-26(33-28)37-22-10-9-19(38)15-24(22)36(18(2)3)29(37)40/h8-12,15-18,38H,1,13-14H2,2-7H3,(H,31,39)(H,30,32,33). The van der Waals surface area contributed by atoms with E-state index in [1.54, 1.807) is 42.1 Å². The number of rotatable bonds is 11. The third-order valence-corrected chi connectivity index (χ3v) is 6.54. The van der Waals surface area contributed by atoms with Crippen LogP contribution in [0.15, 0.2) is 60.0 Å². The average Bonchev–Trinajstić information content (AvgIpc) is 3.22. The predicted octanol–water partition coefficient (Wildman–Crippen LogP) is 3.74. The fraction of sp³-hybridized carbons (Fsp3) is 0.310. The highest BCUT2D eigenvalue weighted by Crippen LogP contribution is 2.38. The summed E-state index contributed by atoms with van der Waals surface area (Å²) in [6.45, 7) is 8.88. The van der Waals surface area contributed by atoms with Gasteiger partial charge >= 0.3 is 5.69 Å². The predicted molar refractivity (Wildman–Crippen MR) is 162 cm³/mol. The number of carbonyl (C=O) groups excluding carboxylic acids is 1.